The Bertz CT molecular complexity index is 632. The van der Waals surface area contributed by atoms with Gasteiger partial charge in [0, 0.05) is 9.89 Å². The Kier molecular flexibility index (Phi) is 3.72. The third-order valence-electron chi connectivity index (χ3n) is 2.71. The molecule has 1 heterocycles. The van der Waals surface area contributed by atoms with E-state index in [-0.39, 0.29) is 5.41 Å². The maximum Gasteiger partial charge on any atom is 0.155 e. The standard InChI is InChI=1S/C14H15BrN4/c1-14(2,3)13-17-9-19(18-13)8-11-6-10(7-16)4-5-12(11)15/h4-6,9H,8H2,1-3H3. The lowest BCUT2D eigenvalue weighted by atomic mass is 9.96. The van der Waals surface area contributed by atoms with Crippen LogP contribution in [0, 0.1) is 11.3 Å². The summed E-state index contributed by atoms with van der Waals surface area (Å²) in [6, 6.07) is 7.68. The molecule has 0 aliphatic rings. The highest BCUT2D eigenvalue weighted by atomic mass is 79.9. The van der Waals surface area contributed by atoms with E-state index in [1.807, 2.05) is 12.1 Å². The highest BCUT2D eigenvalue weighted by Crippen LogP contribution is 2.20. The lowest BCUT2D eigenvalue weighted by Crippen LogP contribution is -2.14. The first-order valence-electron chi connectivity index (χ1n) is 5.98. The van der Waals surface area contributed by atoms with Crippen LogP contribution in [-0.2, 0) is 12.0 Å². The average Bonchev–Trinajstić information content (AvgIpc) is 2.80. The van der Waals surface area contributed by atoms with Crippen molar-refractivity contribution < 1.29 is 0 Å². The van der Waals surface area contributed by atoms with Gasteiger partial charge in [-0.05, 0) is 23.8 Å². The van der Waals surface area contributed by atoms with E-state index < -0.39 is 0 Å². The average molecular weight is 319 g/mol. The summed E-state index contributed by atoms with van der Waals surface area (Å²) in [5, 5.41) is 13.4. The minimum absolute atomic E-state index is 0.0585. The lowest BCUT2D eigenvalue weighted by molar-refractivity contribution is 0.533. The van der Waals surface area contributed by atoms with E-state index in [9.17, 15) is 0 Å². The predicted molar refractivity (Wildman–Crippen MR) is 76.7 cm³/mol. The fourth-order valence-corrected chi connectivity index (χ4v) is 2.03. The fourth-order valence-electron chi connectivity index (χ4n) is 1.65. The zero-order chi connectivity index (χ0) is 14.0. The maximum absolute atomic E-state index is 8.93. The molecule has 0 radical (unpaired) electrons. The van der Waals surface area contributed by atoms with E-state index in [0.717, 1.165) is 15.9 Å². The Labute approximate surface area is 121 Å². The summed E-state index contributed by atoms with van der Waals surface area (Å²) < 4.78 is 2.77. The third-order valence-corrected chi connectivity index (χ3v) is 3.49. The predicted octanol–water partition coefficient (Wildman–Crippen LogP) is 3.26. The Morgan fingerprint density at radius 1 is 1.37 bits per heavy atom. The first-order valence-corrected chi connectivity index (χ1v) is 6.78. The quantitative estimate of drug-likeness (QED) is 0.854. The smallest absolute Gasteiger partial charge is 0.155 e. The van der Waals surface area contributed by atoms with E-state index in [1.165, 1.54) is 0 Å². The zero-order valence-electron chi connectivity index (χ0n) is 11.2. The molecule has 1 aromatic heterocycles. The van der Waals surface area contributed by atoms with Crippen molar-refractivity contribution in [3.63, 3.8) is 0 Å². The number of hydrogen-bond donors (Lipinski definition) is 0. The summed E-state index contributed by atoms with van der Waals surface area (Å²) in [6.45, 7) is 6.84. The third kappa shape index (κ3) is 3.21. The molecule has 0 aliphatic carbocycles. The molecule has 0 atom stereocenters. The van der Waals surface area contributed by atoms with Crippen molar-refractivity contribution in [2.24, 2.45) is 0 Å². The fraction of sp³-hybridized carbons (Fsp3) is 0.357. The van der Waals surface area contributed by atoms with Crippen molar-refractivity contribution >= 4 is 15.9 Å². The summed E-state index contributed by atoms with van der Waals surface area (Å²) in [4.78, 5) is 4.33. The van der Waals surface area contributed by atoms with Gasteiger partial charge in [0.25, 0.3) is 0 Å². The van der Waals surface area contributed by atoms with Crippen molar-refractivity contribution in [2.75, 3.05) is 0 Å². The van der Waals surface area contributed by atoms with Crippen LogP contribution in [0.3, 0.4) is 0 Å². The molecule has 1 aromatic carbocycles. The molecule has 2 rings (SSSR count). The van der Waals surface area contributed by atoms with E-state index in [2.05, 4.69) is 52.9 Å². The number of hydrogen-bond acceptors (Lipinski definition) is 3. The van der Waals surface area contributed by atoms with Crippen LogP contribution in [0.2, 0.25) is 0 Å². The maximum atomic E-state index is 8.93. The molecule has 0 fully saturated rings. The van der Waals surface area contributed by atoms with Gasteiger partial charge in [-0.1, -0.05) is 36.7 Å². The Balaban J connectivity index is 2.27. The number of rotatable bonds is 2. The summed E-state index contributed by atoms with van der Waals surface area (Å²) in [5.41, 5.74) is 1.61. The molecule has 4 nitrogen and oxygen atoms in total. The molecule has 98 valence electrons. The SMILES string of the molecule is CC(C)(C)c1ncn(Cc2cc(C#N)ccc2Br)n1. The van der Waals surface area contributed by atoms with Gasteiger partial charge in [-0.3, -0.25) is 0 Å². The largest absolute Gasteiger partial charge is 0.248 e. The molecule has 0 saturated heterocycles. The van der Waals surface area contributed by atoms with Gasteiger partial charge in [-0.25, -0.2) is 9.67 Å². The van der Waals surface area contributed by atoms with E-state index in [1.54, 1.807) is 17.1 Å². The topological polar surface area (TPSA) is 54.5 Å². The van der Waals surface area contributed by atoms with Crippen molar-refractivity contribution in [1.29, 1.82) is 5.26 Å². The summed E-state index contributed by atoms with van der Waals surface area (Å²) >= 11 is 3.49. The Hall–Kier alpha value is -1.67. The van der Waals surface area contributed by atoms with Gasteiger partial charge < -0.3 is 0 Å². The van der Waals surface area contributed by atoms with Crippen LogP contribution in [0.1, 0.15) is 37.7 Å². The Morgan fingerprint density at radius 2 is 2.11 bits per heavy atom. The van der Waals surface area contributed by atoms with Crippen molar-refractivity contribution in [2.45, 2.75) is 32.7 Å². The number of aromatic nitrogens is 3. The molecule has 0 amide bonds. The van der Waals surface area contributed by atoms with Gasteiger partial charge >= 0.3 is 0 Å². The van der Waals surface area contributed by atoms with Gasteiger partial charge in [0.05, 0.1) is 18.2 Å². The molecular formula is C14H15BrN4. The van der Waals surface area contributed by atoms with Gasteiger partial charge in [-0.15, -0.1) is 0 Å². The summed E-state index contributed by atoms with van der Waals surface area (Å²) in [5.74, 6) is 0.820. The molecule has 5 heteroatoms. The van der Waals surface area contributed by atoms with Gasteiger partial charge in [0.1, 0.15) is 6.33 Å². The van der Waals surface area contributed by atoms with Crippen LogP contribution in [-0.4, -0.2) is 14.8 Å². The summed E-state index contributed by atoms with van der Waals surface area (Å²) in [7, 11) is 0. The molecule has 0 aliphatic heterocycles. The van der Waals surface area contributed by atoms with Crippen LogP contribution in [0.25, 0.3) is 0 Å². The van der Waals surface area contributed by atoms with Crippen LogP contribution in [0.15, 0.2) is 29.0 Å². The van der Waals surface area contributed by atoms with Crippen LogP contribution in [0.5, 0.6) is 0 Å². The highest BCUT2D eigenvalue weighted by Gasteiger charge is 2.18. The molecule has 0 unspecified atom stereocenters. The molecule has 0 N–H and O–H groups in total. The second-order valence-electron chi connectivity index (χ2n) is 5.43. The van der Waals surface area contributed by atoms with Crippen molar-refractivity contribution in [1.82, 2.24) is 14.8 Å². The minimum Gasteiger partial charge on any atom is -0.248 e. The number of benzene rings is 1. The lowest BCUT2D eigenvalue weighted by Gasteiger charge is -2.12. The van der Waals surface area contributed by atoms with Crippen LogP contribution < -0.4 is 0 Å². The van der Waals surface area contributed by atoms with Crippen LogP contribution in [0.4, 0.5) is 0 Å². The van der Waals surface area contributed by atoms with Gasteiger partial charge in [0.15, 0.2) is 5.82 Å². The molecular weight excluding hydrogens is 304 g/mol. The van der Waals surface area contributed by atoms with E-state index in [4.69, 9.17) is 5.26 Å². The molecule has 0 bridgehead atoms. The monoisotopic (exact) mass is 318 g/mol. The van der Waals surface area contributed by atoms with Crippen molar-refractivity contribution in [3.05, 3.63) is 46.0 Å². The van der Waals surface area contributed by atoms with E-state index in [0.29, 0.717) is 12.1 Å². The van der Waals surface area contributed by atoms with Crippen LogP contribution >= 0.6 is 15.9 Å². The highest BCUT2D eigenvalue weighted by molar-refractivity contribution is 9.10. The first-order chi connectivity index (χ1) is 8.90. The first kappa shape index (κ1) is 13.8. The molecule has 19 heavy (non-hydrogen) atoms. The zero-order valence-corrected chi connectivity index (χ0v) is 12.8. The molecule has 0 spiro atoms. The minimum atomic E-state index is -0.0585. The van der Waals surface area contributed by atoms with Gasteiger partial charge in [-0.2, -0.15) is 10.4 Å². The Morgan fingerprint density at radius 3 is 2.68 bits per heavy atom. The van der Waals surface area contributed by atoms with Gasteiger partial charge in [0.2, 0.25) is 0 Å². The summed E-state index contributed by atoms with van der Waals surface area (Å²) in [6.07, 6.45) is 1.73. The molecule has 2 aromatic rings. The van der Waals surface area contributed by atoms with Crippen molar-refractivity contribution in [3.8, 4) is 6.07 Å². The second kappa shape index (κ2) is 5.14. The number of nitrogens with zero attached hydrogens (tertiary/aromatic N) is 4. The molecule has 0 saturated carbocycles. The number of halogens is 1. The normalized spacial score (nSPS) is 11.3. The van der Waals surface area contributed by atoms with E-state index >= 15 is 0 Å². The second-order valence-corrected chi connectivity index (χ2v) is 6.29. The number of nitriles is 1.